The average molecular weight is 373 g/mol. The van der Waals surface area contributed by atoms with Crippen molar-refractivity contribution in [2.24, 2.45) is 0 Å². The number of halogens is 3. The largest absolute Gasteiger partial charge is 0.211 e. The molecule has 0 amide bonds. The first-order valence-corrected chi connectivity index (χ1v) is 8.37. The van der Waals surface area contributed by atoms with Gasteiger partial charge in [0.05, 0.1) is 11.3 Å². The van der Waals surface area contributed by atoms with Crippen molar-refractivity contribution in [1.29, 1.82) is 0 Å². The second kappa shape index (κ2) is 6.43. The van der Waals surface area contributed by atoms with Gasteiger partial charge in [-0.25, -0.2) is 14.4 Å². The topological polar surface area (TPSA) is 43.1 Å². The first kappa shape index (κ1) is 16.0. The first-order valence-electron chi connectivity index (χ1n) is 7.49. The maximum absolute atomic E-state index is 14.3. The van der Waals surface area contributed by atoms with Crippen molar-refractivity contribution >= 4 is 28.8 Å². The molecule has 2 aromatic heterocycles. The van der Waals surface area contributed by atoms with Gasteiger partial charge in [-0.1, -0.05) is 65.7 Å². The van der Waals surface area contributed by atoms with E-state index in [1.54, 1.807) is 24.3 Å². The van der Waals surface area contributed by atoms with Gasteiger partial charge in [-0.2, -0.15) is 9.61 Å². The highest BCUT2D eigenvalue weighted by molar-refractivity contribution is 6.43. The Morgan fingerprint density at radius 2 is 1.64 bits per heavy atom. The van der Waals surface area contributed by atoms with Crippen LogP contribution in [0.5, 0.6) is 0 Å². The van der Waals surface area contributed by atoms with E-state index < -0.39 is 10.7 Å². The van der Waals surface area contributed by atoms with E-state index in [0.717, 1.165) is 5.56 Å². The fraction of sp³-hybridized carbons (Fsp3) is 0.0556. The van der Waals surface area contributed by atoms with Gasteiger partial charge >= 0.3 is 0 Å². The maximum atomic E-state index is 14.3. The molecule has 0 atom stereocenters. The van der Waals surface area contributed by atoms with E-state index in [9.17, 15) is 4.39 Å². The van der Waals surface area contributed by atoms with E-state index in [1.807, 2.05) is 30.3 Å². The minimum absolute atomic E-state index is 0.202. The lowest BCUT2D eigenvalue weighted by atomic mass is 10.2. The number of fused-ring (bicyclic) bond motifs is 1. The number of aromatic nitrogens is 4. The Morgan fingerprint density at radius 1 is 0.920 bits per heavy atom. The zero-order valence-electron chi connectivity index (χ0n) is 12.8. The SMILES string of the molecule is Fc1ccccc1-c1nc(C(Cl)Cl)nc2cc(-c3ccccc3)nn12. The lowest BCUT2D eigenvalue weighted by molar-refractivity contribution is 0.628. The Labute approximate surface area is 152 Å². The van der Waals surface area contributed by atoms with E-state index in [1.165, 1.54) is 10.6 Å². The van der Waals surface area contributed by atoms with Crippen LogP contribution in [0.1, 0.15) is 10.7 Å². The van der Waals surface area contributed by atoms with Crippen LogP contribution < -0.4 is 0 Å². The van der Waals surface area contributed by atoms with Gasteiger partial charge in [0, 0.05) is 11.6 Å². The predicted molar refractivity (Wildman–Crippen MR) is 96.1 cm³/mol. The lowest BCUT2D eigenvalue weighted by Gasteiger charge is -2.08. The Hall–Kier alpha value is -2.50. The molecule has 0 aliphatic carbocycles. The average Bonchev–Trinajstić information content (AvgIpc) is 3.06. The highest BCUT2D eigenvalue weighted by Crippen LogP contribution is 2.28. The molecule has 4 nitrogen and oxygen atoms in total. The van der Waals surface area contributed by atoms with Gasteiger partial charge in [-0.15, -0.1) is 0 Å². The third kappa shape index (κ3) is 2.97. The monoisotopic (exact) mass is 372 g/mol. The van der Waals surface area contributed by atoms with E-state index in [0.29, 0.717) is 22.7 Å². The van der Waals surface area contributed by atoms with Gasteiger partial charge in [0.1, 0.15) is 5.82 Å². The third-order valence-corrected chi connectivity index (χ3v) is 4.11. The second-order valence-corrected chi connectivity index (χ2v) is 6.45. The molecule has 0 radical (unpaired) electrons. The highest BCUT2D eigenvalue weighted by atomic mass is 35.5. The molecule has 2 heterocycles. The number of alkyl halides is 2. The Balaban J connectivity index is 2.00. The van der Waals surface area contributed by atoms with Gasteiger partial charge < -0.3 is 0 Å². The normalized spacial score (nSPS) is 11.4. The summed E-state index contributed by atoms with van der Waals surface area (Å²) in [4.78, 5) is 7.74. The zero-order valence-corrected chi connectivity index (χ0v) is 14.3. The molecule has 2 aromatic carbocycles. The molecule has 4 rings (SSSR count). The molecule has 0 N–H and O–H groups in total. The van der Waals surface area contributed by atoms with Crippen molar-refractivity contribution in [3.63, 3.8) is 0 Å². The third-order valence-electron chi connectivity index (χ3n) is 3.72. The van der Waals surface area contributed by atoms with E-state index in [-0.39, 0.29) is 5.82 Å². The standard InChI is InChI=1S/C18H11Cl2FN4/c19-16(20)17-22-15-10-14(11-6-2-1-3-7-11)24-25(15)18(23-17)12-8-4-5-9-13(12)21/h1-10,16H. The molecule has 25 heavy (non-hydrogen) atoms. The molecule has 0 aliphatic heterocycles. The fourth-order valence-corrected chi connectivity index (χ4v) is 2.76. The van der Waals surface area contributed by atoms with Gasteiger partial charge in [0.2, 0.25) is 0 Å². The first-order chi connectivity index (χ1) is 12.1. The molecule has 124 valence electrons. The molecule has 0 saturated heterocycles. The minimum atomic E-state index is -0.925. The molecule has 0 fully saturated rings. The second-order valence-electron chi connectivity index (χ2n) is 5.35. The number of benzene rings is 2. The van der Waals surface area contributed by atoms with Crippen LogP contribution in [0.4, 0.5) is 4.39 Å². The van der Waals surface area contributed by atoms with E-state index >= 15 is 0 Å². The quantitative estimate of drug-likeness (QED) is 0.471. The fourth-order valence-electron chi connectivity index (χ4n) is 2.57. The molecule has 4 aromatic rings. The van der Waals surface area contributed by atoms with Crippen molar-refractivity contribution in [1.82, 2.24) is 19.6 Å². The van der Waals surface area contributed by atoms with Crippen LogP contribution in [0.3, 0.4) is 0 Å². The van der Waals surface area contributed by atoms with Crippen molar-refractivity contribution in [2.45, 2.75) is 4.84 Å². The number of hydrogen-bond donors (Lipinski definition) is 0. The minimum Gasteiger partial charge on any atom is -0.211 e. The van der Waals surface area contributed by atoms with Crippen LogP contribution in [0.2, 0.25) is 0 Å². The van der Waals surface area contributed by atoms with Crippen LogP contribution >= 0.6 is 23.2 Å². The van der Waals surface area contributed by atoms with Gasteiger partial charge in [-0.3, -0.25) is 0 Å². The molecule has 0 bridgehead atoms. The molecule has 0 aliphatic rings. The summed E-state index contributed by atoms with van der Waals surface area (Å²) < 4.78 is 15.8. The van der Waals surface area contributed by atoms with Gasteiger partial charge in [0.15, 0.2) is 22.1 Å². The van der Waals surface area contributed by atoms with E-state index in [2.05, 4.69) is 15.1 Å². The molecule has 0 unspecified atom stereocenters. The van der Waals surface area contributed by atoms with Crippen LogP contribution in [0.15, 0.2) is 60.7 Å². The maximum Gasteiger partial charge on any atom is 0.168 e. The highest BCUT2D eigenvalue weighted by Gasteiger charge is 2.18. The number of hydrogen-bond acceptors (Lipinski definition) is 3. The summed E-state index contributed by atoms with van der Waals surface area (Å²) in [5.41, 5.74) is 2.41. The van der Waals surface area contributed by atoms with Crippen molar-refractivity contribution in [2.75, 3.05) is 0 Å². The summed E-state index contributed by atoms with van der Waals surface area (Å²) in [5.74, 6) is 0.0890. The molecule has 0 saturated carbocycles. The van der Waals surface area contributed by atoms with Gasteiger partial charge in [0.25, 0.3) is 0 Å². The van der Waals surface area contributed by atoms with Crippen molar-refractivity contribution < 1.29 is 4.39 Å². The lowest BCUT2D eigenvalue weighted by Crippen LogP contribution is -2.05. The summed E-state index contributed by atoms with van der Waals surface area (Å²) in [6.07, 6.45) is 0. The summed E-state index contributed by atoms with van der Waals surface area (Å²) in [5, 5.41) is 4.54. The van der Waals surface area contributed by atoms with Crippen molar-refractivity contribution in [3.8, 4) is 22.6 Å². The summed E-state index contributed by atoms with van der Waals surface area (Å²) in [6.45, 7) is 0. The molecule has 7 heteroatoms. The summed E-state index contributed by atoms with van der Waals surface area (Å²) in [7, 11) is 0. The van der Waals surface area contributed by atoms with E-state index in [4.69, 9.17) is 23.2 Å². The van der Waals surface area contributed by atoms with Crippen LogP contribution in [0.25, 0.3) is 28.3 Å². The van der Waals surface area contributed by atoms with Gasteiger partial charge in [-0.05, 0) is 12.1 Å². The molecular weight excluding hydrogens is 362 g/mol. The van der Waals surface area contributed by atoms with Crippen LogP contribution in [0, 0.1) is 5.82 Å². The smallest absolute Gasteiger partial charge is 0.168 e. The summed E-state index contributed by atoms with van der Waals surface area (Å²) >= 11 is 11.9. The predicted octanol–water partition coefficient (Wildman–Crippen LogP) is 5.07. The number of rotatable bonds is 3. The number of nitrogens with zero attached hydrogens (tertiary/aromatic N) is 4. The van der Waals surface area contributed by atoms with Crippen LogP contribution in [-0.4, -0.2) is 19.6 Å². The van der Waals surface area contributed by atoms with Crippen molar-refractivity contribution in [3.05, 3.63) is 72.3 Å². The Kier molecular flexibility index (Phi) is 4.11. The van der Waals surface area contributed by atoms with Crippen LogP contribution in [-0.2, 0) is 0 Å². The zero-order chi connectivity index (χ0) is 17.4. The summed E-state index contributed by atoms with van der Waals surface area (Å²) in [6, 6.07) is 17.8. The Morgan fingerprint density at radius 3 is 2.36 bits per heavy atom. The molecular formula is C18H11Cl2FN4. The Bertz CT molecular complexity index is 1050. The molecule has 0 spiro atoms.